The minimum absolute atomic E-state index is 0.174. The van der Waals surface area contributed by atoms with Crippen LogP contribution >= 0.6 is 11.3 Å². The van der Waals surface area contributed by atoms with Crippen molar-refractivity contribution in [3.63, 3.8) is 0 Å². The van der Waals surface area contributed by atoms with Crippen LogP contribution in [0.3, 0.4) is 0 Å². The van der Waals surface area contributed by atoms with Crippen LogP contribution in [0.2, 0.25) is 0 Å². The van der Waals surface area contributed by atoms with Gasteiger partial charge in [0.05, 0.1) is 10.7 Å². The van der Waals surface area contributed by atoms with Gasteiger partial charge >= 0.3 is 0 Å². The Morgan fingerprint density at radius 1 is 1.38 bits per heavy atom. The molecule has 116 valence electrons. The molecule has 2 unspecified atom stereocenters. The highest BCUT2D eigenvalue weighted by Crippen LogP contribution is 2.26. The van der Waals surface area contributed by atoms with Crippen molar-refractivity contribution in [1.82, 2.24) is 14.8 Å². The van der Waals surface area contributed by atoms with Gasteiger partial charge in [0, 0.05) is 50.1 Å². The second-order valence-electron chi connectivity index (χ2n) is 6.23. The third kappa shape index (κ3) is 3.62. The number of thiazole rings is 1. The Bertz CT molecular complexity index is 496. The molecule has 1 saturated carbocycles. The molecule has 0 aromatic carbocycles. The van der Waals surface area contributed by atoms with Crippen LogP contribution in [0.15, 0.2) is 5.38 Å². The van der Waals surface area contributed by atoms with Crippen molar-refractivity contribution in [2.24, 2.45) is 11.7 Å². The quantitative estimate of drug-likeness (QED) is 0.912. The molecule has 5 nitrogen and oxygen atoms in total. The topological polar surface area (TPSA) is 62.5 Å². The van der Waals surface area contributed by atoms with E-state index >= 15 is 0 Å². The van der Waals surface area contributed by atoms with E-state index in [9.17, 15) is 4.79 Å². The van der Waals surface area contributed by atoms with Crippen molar-refractivity contribution in [2.45, 2.75) is 38.8 Å². The molecule has 0 spiro atoms. The van der Waals surface area contributed by atoms with Crippen LogP contribution in [-0.2, 0) is 11.3 Å². The lowest BCUT2D eigenvalue weighted by Gasteiger charge is -2.35. The maximum Gasteiger partial charge on any atom is 0.225 e. The van der Waals surface area contributed by atoms with Gasteiger partial charge in [0.1, 0.15) is 0 Å². The highest BCUT2D eigenvalue weighted by molar-refractivity contribution is 7.09. The van der Waals surface area contributed by atoms with Crippen molar-refractivity contribution in [3.8, 4) is 0 Å². The normalized spacial score (nSPS) is 27.2. The summed E-state index contributed by atoms with van der Waals surface area (Å²) in [6.45, 7) is 6.52. The standard InChI is InChI=1S/C15H24N4OS/c1-11-17-14(10-21-11)9-18-4-6-19(7-5-18)15(20)12-2-3-13(16)8-12/h10,12-13H,2-9,16H2,1H3. The highest BCUT2D eigenvalue weighted by Gasteiger charge is 2.32. The molecule has 0 radical (unpaired) electrons. The van der Waals surface area contributed by atoms with Crippen LogP contribution in [0.25, 0.3) is 0 Å². The first-order valence-corrected chi connectivity index (χ1v) is 8.67. The molecule has 1 aliphatic heterocycles. The van der Waals surface area contributed by atoms with Crippen molar-refractivity contribution in [1.29, 1.82) is 0 Å². The number of hydrogen-bond donors (Lipinski definition) is 1. The minimum atomic E-state index is 0.174. The van der Waals surface area contributed by atoms with Gasteiger partial charge in [0.15, 0.2) is 0 Å². The molecule has 2 N–H and O–H groups in total. The highest BCUT2D eigenvalue weighted by atomic mass is 32.1. The summed E-state index contributed by atoms with van der Waals surface area (Å²) < 4.78 is 0. The average molecular weight is 308 g/mol. The Kier molecular flexibility index (Phi) is 4.57. The average Bonchev–Trinajstić information content (AvgIpc) is 3.08. The van der Waals surface area contributed by atoms with Crippen LogP contribution in [0.5, 0.6) is 0 Å². The molecule has 6 heteroatoms. The van der Waals surface area contributed by atoms with E-state index in [4.69, 9.17) is 5.73 Å². The summed E-state index contributed by atoms with van der Waals surface area (Å²) >= 11 is 1.70. The molecule has 2 heterocycles. The molecular weight excluding hydrogens is 284 g/mol. The summed E-state index contributed by atoms with van der Waals surface area (Å²) in [5.74, 6) is 0.500. The molecule has 1 aromatic heterocycles. The van der Waals surface area contributed by atoms with Crippen LogP contribution in [0.1, 0.15) is 30.0 Å². The van der Waals surface area contributed by atoms with E-state index in [0.29, 0.717) is 5.91 Å². The second kappa shape index (κ2) is 6.42. The van der Waals surface area contributed by atoms with Crippen LogP contribution in [-0.4, -0.2) is 52.9 Å². The lowest BCUT2D eigenvalue weighted by atomic mass is 10.1. The Morgan fingerprint density at radius 3 is 2.71 bits per heavy atom. The maximum atomic E-state index is 12.5. The number of carbonyl (C=O) groups is 1. The van der Waals surface area contributed by atoms with Crippen LogP contribution in [0, 0.1) is 12.8 Å². The number of aromatic nitrogens is 1. The lowest BCUT2D eigenvalue weighted by molar-refractivity contribution is -0.137. The van der Waals surface area contributed by atoms with E-state index < -0.39 is 0 Å². The molecule has 2 aliphatic rings. The lowest BCUT2D eigenvalue weighted by Crippen LogP contribution is -2.49. The molecule has 1 aromatic rings. The van der Waals surface area contributed by atoms with Gasteiger partial charge in [-0.25, -0.2) is 4.98 Å². The summed E-state index contributed by atoms with van der Waals surface area (Å²) in [6.07, 6.45) is 2.84. The number of piperazine rings is 1. The fraction of sp³-hybridized carbons (Fsp3) is 0.733. The Hall–Kier alpha value is -0.980. The summed E-state index contributed by atoms with van der Waals surface area (Å²) in [6, 6.07) is 0.230. The van der Waals surface area contributed by atoms with Crippen molar-refractivity contribution >= 4 is 17.2 Å². The molecule has 3 rings (SSSR count). The van der Waals surface area contributed by atoms with E-state index in [1.54, 1.807) is 11.3 Å². The van der Waals surface area contributed by atoms with Gasteiger partial charge in [-0.05, 0) is 26.2 Å². The largest absolute Gasteiger partial charge is 0.340 e. The monoisotopic (exact) mass is 308 g/mol. The molecular formula is C15H24N4OS. The van der Waals surface area contributed by atoms with Gasteiger partial charge in [-0.2, -0.15) is 0 Å². The zero-order valence-corrected chi connectivity index (χ0v) is 13.4. The van der Waals surface area contributed by atoms with E-state index in [0.717, 1.165) is 62.7 Å². The Balaban J connectivity index is 1.47. The Labute approximate surface area is 130 Å². The SMILES string of the molecule is Cc1nc(CN2CCN(C(=O)C3CCC(N)C3)CC2)cs1. The summed E-state index contributed by atoms with van der Waals surface area (Å²) in [4.78, 5) is 21.4. The van der Waals surface area contributed by atoms with Gasteiger partial charge in [-0.3, -0.25) is 9.69 Å². The number of nitrogens with two attached hydrogens (primary N) is 1. The number of carbonyl (C=O) groups excluding carboxylic acids is 1. The van der Waals surface area contributed by atoms with Crippen molar-refractivity contribution in [2.75, 3.05) is 26.2 Å². The van der Waals surface area contributed by atoms with Gasteiger partial charge in [-0.1, -0.05) is 0 Å². The summed E-state index contributed by atoms with van der Waals surface area (Å²) in [7, 11) is 0. The zero-order chi connectivity index (χ0) is 14.8. The summed E-state index contributed by atoms with van der Waals surface area (Å²) in [5, 5.41) is 3.25. The fourth-order valence-electron chi connectivity index (χ4n) is 3.34. The number of nitrogens with zero attached hydrogens (tertiary/aromatic N) is 3. The third-order valence-electron chi connectivity index (χ3n) is 4.56. The molecule has 1 amide bonds. The first-order valence-electron chi connectivity index (χ1n) is 7.79. The van der Waals surface area contributed by atoms with Gasteiger partial charge in [0.25, 0.3) is 0 Å². The smallest absolute Gasteiger partial charge is 0.225 e. The van der Waals surface area contributed by atoms with Crippen molar-refractivity contribution in [3.05, 3.63) is 16.1 Å². The van der Waals surface area contributed by atoms with Gasteiger partial charge in [0.2, 0.25) is 5.91 Å². The molecule has 1 saturated heterocycles. The fourth-order valence-corrected chi connectivity index (χ4v) is 3.94. The third-order valence-corrected chi connectivity index (χ3v) is 5.38. The number of hydrogen-bond acceptors (Lipinski definition) is 5. The van der Waals surface area contributed by atoms with Crippen molar-refractivity contribution < 1.29 is 4.79 Å². The van der Waals surface area contributed by atoms with Crippen LogP contribution < -0.4 is 5.73 Å². The molecule has 1 aliphatic carbocycles. The minimum Gasteiger partial charge on any atom is -0.340 e. The van der Waals surface area contributed by atoms with Gasteiger partial charge < -0.3 is 10.6 Å². The molecule has 21 heavy (non-hydrogen) atoms. The number of aryl methyl sites for hydroxylation is 1. The maximum absolute atomic E-state index is 12.5. The predicted octanol–water partition coefficient (Wildman–Crippen LogP) is 1.22. The van der Waals surface area contributed by atoms with E-state index in [2.05, 4.69) is 15.3 Å². The number of amides is 1. The van der Waals surface area contributed by atoms with Crippen LogP contribution in [0.4, 0.5) is 0 Å². The van der Waals surface area contributed by atoms with E-state index in [1.807, 2.05) is 11.8 Å². The molecule has 2 atom stereocenters. The first kappa shape index (κ1) is 14.9. The molecule has 0 bridgehead atoms. The predicted molar refractivity (Wildman–Crippen MR) is 84.0 cm³/mol. The van der Waals surface area contributed by atoms with Gasteiger partial charge in [-0.15, -0.1) is 11.3 Å². The number of rotatable bonds is 3. The second-order valence-corrected chi connectivity index (χ2v) is 7.29. The van der Waals surface area contributed by atoms with E-state index in [1.165, 1.54) is 0 Å². The zero-order valence-electron chi connectivity index (χ0n) is 12.6. The Morgan fingerprint density at radius 2 is 2.14 bits per heavy atom. The van der Waals surface area contributed by atoms with E-state index in [-0.39, 0.29) is 12.0 Å². The molecule has 2 fully saturated rings. The summed E-state index contributed by atoms with van der Waals surface area (Å²) in [5.41, 5.74) is 7.07. The first-order chi connectivity index (χ1) is 10.1.